The maximum atomic E-state index is 12.9. The first-order chi connectivity index (χ1) is 18.0. The van der Waals surface area contributed by atoms with E-state index in [1.807, 2.05) is 23.6 Å². The van der Waals surface area contributed by atoms with Gasteiger partial charge in [-0.15, -0.1) is 21.5 Å². The Morgan fingerprint density at radius 3 is 2.43 bits per heavy atom. The number of nitrogens with zero attached hydrogens (tertiary/aromatic N) is 4. The molecule has 0 spiro atoms. The Hall–Kier alpha value is -3.23. The van der Waals surface area contributed by atoms with Gasteiger partial charge in [0, 0.05) is 17.0 Å². The fourth-order valence-electron chi connectivity index (χ4n) is 4.52. The van der Waals surface area contributed by atoms with E-state index in [0.29, 0.717) is 45.3 Å². The van der Waals surface area contributed by atoms with Crippen LogP contribution in [-0.2, 0) is 24.2 Å². The first-order valence-electron chi connectivity index (χ1n) is 12.2. The maximum Gasteiger partial charge on any atom is 0.235 e. The van der Waals surface area contributed by atoms with E-state index >= 15 is 0 Å². The third kappa shape index (κ3) is 5.70. The Labute approximate surface area is 225 Å². The summed E-state index contributed by atoms with van der Waals surface area (Å²) in [5.74, 6) is 2.16. The number of anilines is 1. The van der Waals surface area contributed by atoms with Crippen LogP contribution >= 0.6 is 23.1 Å². The third-order valence-electron chi connectivity index (χ3n) is 6.32. The minimum atomic E-state index is -0.171. The van der Waals surface area contributed by atoms with Gasteiger partial charge in [0.2, 0.25) is 11.7 Å². The molecule has 1 aliphatic carbocycles. The summed E-state index contributed by atoms with van der Waals surface area (Å²) in [5.41, 5.74) is 2.51. The van der Waals surface area contributed by atoms with Crippen molar-refractivity contribution in [2.75, 3.05) is 32.4 Å². The second-order valence-electron chi connectivity index (χ2n) is 8.54. The van der Waals surface area contributed by atoms with E-state index in [9.17, 15) is 10.1 Å². The van der Waals surface area contributed by atoms with E-state index in [4.69, 9.17) is 14.2 Å². The Morgan fingerprint density at radius 2 is 1.81 bits per heavy atom. The van der Waals surface area contributed by atoms with Crippen LogP contribution in [0.5, 0.6) is 17.2 Å². The molecule has 0 bridgehead atoms. The van der Waals surface area contributed by atoms with E-state index in [2.05, 4.69) is 21.6 Å². The number of hydrogen-bond acceptors (Lipinski definition) is 9. The van der Waals surface area contributed by atoms with Crippen LogP contribution < -0.4 is 19.5 Å². The molecule has 4 rings (SSSR count). The van der Waals surface area contributed by atoms with Gasteiger partial charge in [-0.1, -0.05) is 24.6 Å². The van der Waals surface area contributed by atoms with E-state index in [1.54, 1.807) is 32.7 Å². The quantitative estimate of drug-likeness (QED) is 0.363. The summed E-state index contributed by atoms with van der Waals surface area (Å²) in [7, 11) is 4.69. The number of nitrogens with one attached hydrogen (secondary N) is 1. The normalized spacial score (nSPS) is 13.2. The Balaban J connectivity index is 1.51. The molecule has 2 aromatic heterocycles. The van der Waals surface area contributed by atoms with Gasteiger partial charge >= 0.3 is 0 Å². The number of aromatic nitrogens is 3. The topological polar surface area (TPSA) is 111 Å². The highest BCUT2D eigenvalue weighted by Gasteiger charge is 2.22. The van der Waals surface area contributed by atoms with Crippen LogP contribution in [0.25, 0.3) is 11.4 Å². The number of rotatable bonds is 9. The standard InChI is InChI=1S/C26H31N5O4S2/c1-5-31-24(16-12-19(33-2)23(35-4)20(13-16)34-3)29-30-26(31)36-15-22(32)28-25-18(14-27)17-10-8-6-7-9-11-21(17)37-25/h12-13H,5-11,15H2,1-4H3,(H,28,32). The Kier molecular flexibility index (Phi) is 8.95. The smallest absolute Gasteiger partial charge is 0.235 e. The molecule has 11 heteroatoms. The van der Waals surface area contributed by atoms with Crippen molar-refractivity contribution in [1.29, 1.82) is 5.26 Å². The average Bonchev–Trinajstić information content (AvgIpc) is 3.46. The highest BCUT2D eigenvalue weighted by molar-refractivity contribution is 7.99. The fraction of sp³-hybridized carbons (Fsp3) is 0.462. The number of methoxy groups -OCH3 is 3. The predicted octanol–water partition coefficient (Wildman–Crippen LogP) is 5.31. The van der Waals surface area contributed by atoms with Crippen LogP contribution in [0.3, 0.4) is 0 Å². The fourth-order valence-corrected chi connectivity index (χ4v) is 6.58. The second kappa shape index (κ2) is 12.3. The molecule has 1 aromatic carbocycles. The van der Waals surface area contributed by atoms with Gasteiger partial charge in [-0.2, -0.15) is 5.26 Å². The van der Waals surface area contributed by atoms with Gasteiger partial charge in [-0.25, -0.2) is 0 Å². The average molecular weight is 542 g/mol. The molecular formula is C26H31N5O4S2. The van der Waals surface area contributed by atoms with Crippen LogP contribution in [0, 0.1) is 11.3 Å². The number of carbonyl (C=O) groups is 1. The summed E-state index contributed by atoms with van der Waals surface area (Å²) in [6.45, 7) is 2.61. The number of thiophene rings is 1. The molecule has 0 atom stereocenters. The third-order valence-corrected chi connectivity index (χ3v) is 8.50. The second-order valence-corrected chi connectivity index (χ2v) is 10.6. The number of nitriles is 1. The Bertz CT molecular complexity index is 1290. The van der Waals surface area contributed by atoms with Gasteiger partial charge in [-0.3, -0.25) is 4.79 Å². The molecule has 3 aromatic rings. The number of hydrogen-bond donors (Lipinski definition) is 1. The van der Waals surface area contributed by atoms with Crippen molar-refractivity contribution in [3.8, 4) is 34.7 Å². The molecule has 37 heavy (non-hydrogen) atoms. The minimum absolute atomic E-state index is 0.154. The van der Waals surface area contributed by atoms with Crippen LogP contribution in [-0.4, -0.2) is 47.8 Å². The SMILES string of the molecule is CCn1c(SCC(=O)Nc2sc3c(c2C#N)CCCCCC3)nnc1-c1cc(OC)c(OC)c(OC)c1. The zero-order chi connectivity index (χ0) is 26.4. The lowest BCUT2D eigenvalue weighted by atomic mass is 9.97. The minimum Gasteiger partial charge on any atom is -0.493 e. The predicted molar refractivity (Wildman–Crippen MR) is 145 cm³/mol. The number of ether oxygens (including phenoxy) is 3. The molecule has 0 saturated carbocycles. The molecule has 0 fully saturated rings. The number of thioether (sulfide) groups is 1. The number of fused-ring (bicyclic) bond motifs is 1. The zero-order valence-electron chi connectivity index (χ0n) is 21.5. The van der Waals surface area contributed by atoms with Crippen LogP contribution in [0.1, 0.15) is 48.6 Å². The van der Waals surface area contributed by atoms with Crippen molar-refractivity contribution in [3.05, 3.63) is 28.1 Å². The first-order valence-corrected chi connectivity index (χ1v) is 14.1. The van der Waals surface area contributed by atoms with Gasteiger partial charge in [0.15, 0.2) is 22.5 Å². The summed E-state index contributed by atoms with van der Waals surface area (Å²) in [4.78, 5) is 14.1. The van der Waals surface area contributed by atoms with E-state index in [1.165, 1.54) is 29.5 Å². The van der Waals surface area contributed by atoms with Crippen molar-refractivity contribution in [2.24, 2.45) is 0 Å². The first kappa shape index (κ1) is 26.8. The largest absolute Gasteiger partial charge is 0.493 e. The van der Waals surface area contributed by atoms with Crippen LogP contribution in [0.15, 0.2) is 17.3 Å². The summed E-state index contributed by atoms with van der Waals surface area (Å²) >= 11 is 2.86. The monoisotopic (exact) mass is 541 g/mol. The van der Waals surface area contributed by atoms with Crippen molar-refractivity contribution < 1.29 is 19.0 Å². The van der Waals surface area contributed by atoms with Gasteiger partial charge < -0.3 is 24.1 Å². The molecule has 0 unspecified atom stereocenters. The summed E-state index contributed by atoms with van der Waals surface area (Å²) in [6, 6.07) is 5.98. The molecule has 1 amide bonds. The molecule has 2 heterocycles. The number of benzene rings is 1. The number of aryl methyl sites for hydroxylation is 1. The van der Waals surface area contributed by atoms with Crippen LogP contribution in [0.4, 0.5) is 5.00 Å². The van der Waals surface area contributed by atoms with Crippen molar-refractivity contribution in [3.63, 3.8) is 0 Å². The molecule has 0 saturated heterocycles. The van der Waals surface area contributed by atoms with Gasteiger partial charge in [0.1, 0.15) is 11.1 Å². The summed E-state index contributed by atoms with van der Waals surface area (Å²) < 4.78 is 18.3. The summed E-state index contributed by atoms with van der Waals surface area (Å²) in [6.07, 6.45) is 6.50. The highest BCUT2D eigenvalue weighted by atomic mass is 32.2. The number of amides is 1. The maximum absolute atomic E-state index is 12.9. The molecule has 0 aliphatic heterocycles. The lowest BCUT2D eigenvalue weighted by molar-refractivity contribution is -0.113. The molecule has 1 aliphatic rings. The van der Waals surface area contributed by atoms with E-state index in [-0.39, 0.29) is 11.7 Å². The lowest BCUT2D eigenvalue weighted by Gasteiger charge is -2.14. The molecule has 9 nitrogen and oxygen atoms in total. The van der Waals surface area contributed by atoms with Crippen LogP contribution in [0.2, 0.25) is 0 Å². The number of carbonyl (C=O) groups excluding carboxylic acids is 1. The Morgan fingerprint density at radius 1 is 1.11 bits per heavy atom. The van der Waals surface area contributed by atoms with Crippen molar-refractivity contribution in [2.45, 2.75) is 57.1 Å². The van der Waals surface area contributed by atoms with Crippen molar-refractivity contribution >= 4 is 34.0 Å². The lowest BCUT2D eigenvalue weighted by Crippen LogP contribution is -2.14. The zero-order valence-corrected chi connectivity index (χ0v) is 23.2. The molecule has 0 radical (unpaired) electrons. The van der Waals surface area contributed by atoms with E-state index < -0.39 is 0 Å². The molecule has 1 N–H and O–H groups in total. The van der Waals surface area contributed by atoms with E-state index in [0.717, 1.165) is 36.8 Å². The highest BCUT2D eigenvalue weighted by Crippen LogP contribution is 2.41. The van der Waals surface area contributed by atoms with Gasteiger partial charge in [0.25, 0.3) is 0 Å². The van der Waals surface area contributed by atoms with Crippen molar-refractivity contribution in [1.82, 2.24) is 14.8 Å². The summed E-state index contributed by atoms with van der Waals surface area (Å²) in [5, 5.41) is 22.8. The molecular weight excluding hydrogens is 510 g/mol. The van der Waals surface area contributed by atoms with Gasteiger partial charge in [-0.05, 0) is 50.3 Å². The molecule has 196 valence electrons. The van der Waals surface area contributed by atoms with Gasteiger partial charge in [0.05, 0.1) is 32.6 Å².